The number of carbonyl (C=O) groups is 2. The van der Waals surface area contributed by atoms with Crippen LogP contribution in [-0.2, 0) is 9.53 Å². The van der Waals surface area contributed by atoms with Gasteiger partial charge < -0.3 is 15.0 Å². The van der Waals surface area contributed by atoms with Gasteiger partial charge in [-0.15, -0.1) is 0 Å². The van der Waals surface area contributed by atoms with Crippen LogP contribution in [-0.4, -0.2) is 67.2 Å². The molecule has 1 atom stereocenters. The third-order valence-electron chi connectivity index (χ3n) is 3.04. The first kappa shape index (κ1) is 16.8. The van der Waals surface area contributed by atoms with E-state index in [2.05, 4.69) is 5.32 Å². The minimum Gasteiger partial charge on any atom is -0.444 e. The second kappa shape index (κ2) is 6.92. The lowest BCUT2D eigenvalue weighted by molar-refractivity contribution is -0.125. The van der Waals surface area contributed by atoms with Crippen LogP contribution in [0.25, 0.3) is 0 Å². The predicted octanol–water partition coefficient (Wildman–Crippen LogP) is 1.06. The van der Waals surface area contributed by atoms with Crippen LogP contribution in [0.1, 0.15) is 33.6 Å². The quantitative estimate of drug-likeness (QED) is 0.839. The summed E-state index contributed by atoms with van der Waals surface area (Å²) in [6.07, 6.45) is 1.14. The summed E-state index contributed by atoms with van der Waals surface area (Å²) < 4.78 is 5.34. The lowest BCUT2D eigenvalue weighted by Crippen LogP contribution is -2.48. The van der Waals surface area contributed by atoms with Crippen molar-refractivity contribution >= 4 is 12.0 Å². The summed E-state index contributed by atoms with van der Waals surface area (Å²) >= 11 is 0. The van der Waals surface area contributed by atoms with E-state index < -0.39 is 17.7 Å². The Kier molecular flexibility index (Phi) is 5.80. The average Bonchev–Trinajstić information content (AvgIpc) is 2.74. The molecule has 1 aliphatic rings. The molecule has 0 saturated carbocycles. The smallest absolute Gasteiger partial charge is 0.410 e. The van der Waals surface area contributed by atoms with E-state index in [4.69, 9.17) is 4.74 Å². The monoisotopic (exact) mass is 285 g/mol. The van der Waals surface area contributed by atoms with E-state index in [0.717, 1.165) is 13.0 Å². The van der Waals surface area contributed by atoms with E-state index in [0.29, 0.717) is 19.5 Å². The second-order valence-electron chi connectivity index (χ2n) is 6.43. The highest BCUT2D eigenvalue weighted by atomic mass is 16.6. The molecular weight excluding hydrogens is 258 g/mol. The van der Waals surface area contributed by atoms with E-state index in [1.165, 1.54) is 4.90 Å². The highest BCUT2D eigenvalue weighted by Crippen LogP contribution is 2.20. The Morgan fingerprint density at radius 3 is 2.55 bits per heavy atom. The lowest BCUT2D eigenvalue weighted by atomic mass is 10.2. The number of hydrogen-bond acceptors (Lipinski definition) is 4. The van der Waals surface area contributed by atoms with E-state index in [9.17, 15) is 9.59 Å². The first-order valence-electron chi connectivity index (χ1n) is 7.13. The molecule has 1 rings (SSSR count). The van der Waals surface area contributed by atoms with Gasteiger partial charge in [0.1, 0.15) is 11.6 Å². The molecule has 1 unspecified atom stereocenters. The fourth-order valence-electron chi connectivity index (χ4n) is 2.10. The van der Waals surface area contributed by atoms with Crippen LogP contribution in [0.3, 0.4) is 0 Å². The summed E-state index contributed by atoms with van der Waals surface area (Å²) in [4.78, 5) is 27.7. The first-order chi connectivity index (χ1) is 9.20. The van der Waals surface area contributed by atoms with Gasteiger partial charge in [-0.25, -0.2) is 4.79 Å². The van der Waals surface area contributed by atoms with Crippen LogP contribution in [0.4, 0.5) is 4.79 Å². The van der Waals surface area contributed by atoms with Gasteiger partial charge in [0.05, 0.1) is 0 Å². The molecule has 1 saturated heterocycles. The third-order valence-corrected chi connectivity index (χ3v) is 3.04. The number of ether oxygens (including phenoxy) is 1. The van der Waals surface area contributed by atoms with Crippen molar-refractivity contribution in [3.63, 3.8) is 0 Å². The number of likely N-dealkylation sites (tertiary alicyclic amines) is 1. The van der Waals surface area contributed by atoms with Crippen molar-refractivity contribution in [1.29, 1.82) is 0 Å². The molecule has 1 N–H and O–H groups in total. The van der Waals surface area contributed by atoms with E-state index >= 15 is 0 Å². The van der Waals surface area contributed by atoms with Crippen molar-refractivity contribution in [3.8, 4) is 0 Å². The summed E-state index contributed by atoms with van der Waals surface area (Å²) in [7, 11) is 3.91. The molecular formula is C14H27N3O3. The molecule has 0 aliphatic carbocycles. The number of hydrogen-bond donors (Lipinski definition) is 1. The highest BCUT2D eigenvalue weighted by molar-refractivity contribution is 5.86. The van der Waals surface area contributed by atoms with Crippen LogP contribution < -0.4 is 5.32 Å². The van der Waals surface area contributed by atoms with Crippen LogP contribution >= 0.6 is 0 Å². The van der Waals surface area contributed by atoms with Gasteiger partial charge in [-0.1, -0.05) is 0 Å². The molecule has 0 aromatic rings. The van der Waals surface area contributed by atoms with Gasteiger partial charge in [0.2, 0.25) is 5.91 Å². The fourth-order valence-corrected chi connectivity index (χ4v) is 2.10. The molecule has 2 amide bonds. The van der Waals surface area contributed by atoms with Gasteiger partial charge in [0, 0.05) is 19.6 Å². The Hall–Kier alpha value is -1.30. The molecule has 0 aromatic heterocycles. The van der Waals surface area contributed by atoms with Crippen LogP contribution in [0.2, 0.25) is 0 Å². The van der Waals surface area contributed by atoms with Gasteiger partial charge in [0.25, 0.3) is 0 Å². The maximum absolute atomic E-state index is 12.1. The van der Waals surface area contributed by atoms with Gasteiger partial charge in [-0.2, -0.15) is 0 Å². The minimum absolute atomic E-state index is 0.0878. The van der Waals surface area contributed by atoms with Gasteiger partial charge >= 0.3 is 6.09 Å². The molecule has 1 heterocycles. The van der Waals surface area contributed by atoms with Crippen molar-refractivity contribution in [2.75, 3.05) is 33.7 Å². The molecule has 0 aromatic carbocycles. The van der Waals surface area contributed by atoms with Crippen molar-refractivity contribution in [2.24, 2.45) is 0 Å². The molecule has 0 radical (unpaired) electrons. The molecule has 0 spiro atoms. The fraction of sp³-hybridized carbons (Fsp3) is 0.857. The topological polar surface area (TPSA) is 61.9 Å². The first-order valence-corrected chi connectivity index (χ1v) is 7.13. The summed E-state index contributed by atoms with van der Waals surface area (Å²) in [6, 6.07) is -0.396. The highest BCUT2D eigenvalue weighted by Gasteiger charge is 2.36. The van der Waals surface area contributed by atoms with E-state index in [1.807, 2.05) is 39.8 Å². The summed E-state index contributed by atoms with van der Waals surface area (Å²) in [5.74, 6) is -0.0878. The number of carbonyl (C=O) groups excluding carboxylic acids is 2. The van der Waals surface area contributed by atoms with Crippen molar-refractivity contribution in [1.82, 2.24) is 15.1 Å². The van der Waals surface area contributed by atoms with Gasteiger partial charge in [0.15, 0.2) is 0 Å². The average molecular weight is 285 g/mol. The van der Waals surface area contributed by atoms with Gasteiger partial charge in [-0.3, -0.25) is 9.69 Å². The zero-order chi connectivity index (χ0) is 15.3. The Morgan fingerprint density at radius 1 is 1.35 bits per heavy atom. The molecule has 0 bridgehead atoms. The van der Waals surface area contributed by atoms with Gasteiger partial charge in [-0.05, 0) is 47.7 Å². The molecule has 1 fully saturated rings. The third kappa shape index (κ3) is 5.36. The molecule has 20 heavy (non-hydrogen) atoms. The minimum atomic E-state index is -0.536. The normalized spacial score (nSPS) is 19.3. The summed E-state index contributed by atoms with van der Waals surface area (Å²) in [5.41, 5.74) is -0.536. The zero-order valence-electron chi connectivity index (χ0n) is 13.2. The Labute approximate surface area is 121 Å². The van der Waals surface area contributed by atoms with Crippen LogP contribution in [0, 0.1) is 0 Å². The van der Waals surface area contributed by atoms with Crippen LogP contribution in [0.15, 0.2) is 0 Å². The summed E-state index contributed by atoms with van der Waals surface area (Å²) in [6.45, 7) is 7.43. The van der Waals surface area contributed by atoms with E-state index in [1.54, 1.807) is 0 Å². The molecule has 116 valence electrons. The second-order valence-corrected chi connectivity index (χ2v) is 6.43. The molecule has 6 heteroatoms. The summed E-state index contributed by atoms with van der Waals surface area (Å²) in [5, 5.41) is 2.87. The maximum atomic E-state index is 12.1. The van der Waals surface area contributed by atoms with Crippen molar-refractivity contribution < 1.29 is 14.3 Å². The maximum Gasteiger partial charge on any atom is 0.410 e. The Balaban J connectivity index is 2.51. The number of nitrogens with one attached hydrogen (secondary N) is 1. The molecule has 1 aliphatic heterocycles. The van der Waals surface area contributed by atoms with Crippen molar-refractivity contribution in [2.45, 2.75) is 45.3 Å². The lowest BCUT2D eigenvalue weighted by Gasteiger charge is -2.28. The Morgan fingerprint density at radius 2 is 2.00 bits per heavy atom. The van der Waals surface area contributed by atoms with E-state index in [-0.39, 0.29) is 5.91 Å². The van der Waals surface area contributed by atoms with Crippen LogP contribution in [0.5, 0.6) is 0 Å². The number of amides is 2. The SMILES string of the molecule is CN(C)CCNC(=O)C1CCCN1C(=O)OC(C)(C)C. The predicted molar refractivity (Wildman–Crippen MR) is 77.5 cm³/mol. The zero-order valence-corrected chi connectivity index (χ0v) is 13.2. The standard InChI is InChI=1S/C14H27N3O3/c1-14(2,3)20-13(19)17-9-6-7-11(17)12(18)15-8-10-16(4)5/h11H,6-10H2,1-5H3,(H,15,18). The number of likely N-dealkylation sites (N-methyl/N-ethyl adjacent to an activating group) is 1. The number of rotatable bonds is 4. The van der Waals surface area contributed by atoms with Crippen molar-refractivity contribution in [3.05, 3.63) is 0 Å². The molecule has 6 nitrogen and oxygen atoms in total. The number of nitrogens with zero attached hydrogens (tertiary/aromatic N) is 2. The largest absolute Gasteiger partial charge is 0.444 e. The Bertz CT molecular complexity index is 350.